The maximum Gasteiger partial charge on any atom is 0.179 e. The van der Waals surface area contributed by atoms with Gasteiger partial charge in [-0.05, 0) is 11.6 Å². The van der Waals surface area contributed by atoms with E-state index >= 15 is 0 Å². The second kappa shape index (κ2) is 5.29. The molecular formula is C10H15NO4S. The van der Waals surface area contributed by atoms with Crippen molar-refractivity contribution in [3.8, 4) is 5.75 Å². The van der Waals surface area contributed by atoms with Crippen LogP contribution < -0.4 is 10.2 Å². The Balaban J connectivity index is 3.27. The molecule has 6 heteroatoms. The molecule has 0 saturated heterocycles. The van der Waals surface area contributed by atoms with Crippen molar-refractivity contribution in [1.29, 1.82) is 0 Å². The van der Waals surface area contributed by atoms with Gasteiger partial charge in [-0.1, -0.05) is 12.1 Å². The highest BCUT2D eigenvalue weighted by Gasteiger charge is 2.18. The van der Waals surface area contributed by atoms with Crippen LogP contribution >= 0.6 is 0 Å². The van der Waals surface area contributed by atoms with Crippen molar-refractivity contribution in [2.45, 2.75) is 11.4 Å². The van der Waals surface area contributed by atoms with E-state index in [9.17, 15) is 8.42 Å². The van der Waals surface area contributed by atoms with E-state index < -0.39 is 9.84 Å². The molecule has 0 aromatic heterocycles. The molecule has 0 fully saturated rings. The van der Waals surface area contributed by atoms with Crippen LogP contribution in [0.4, 0.5) is 0 Å². The number of hydrogen-bond acceptors (Lipinski definition) is 5. The molecule has 1 aromatic carbocycles. The highest BCUT2D eigenvalue weighted by atomic mass is 32.2. The maximum atomic E-state index is 11.6. The lowest BCUT2D eigenvalue weighted by Gasteiger charge is -2.12. The largest absolute Gasteiger partial charge is 0.495 e. The summed E-state index contributed by atoms with van der Waals surface area (Å²) in [7, 11) is -0.413. The predicted octanol–water partition coefficient (Wildman–Crippen LogP) is 0.750. The van der Waals surface area contributed by atoms with Crippen LogP contribution in [0.25, 0.3) is 0 Å². The summed E-state index contributed by atoms with van der Waals surface area (Å²) in [5.41, 5.74) is 3.22. The second-order valence-electron chi connectivity index (χ2n) is 3.25. The molecule has 0 aliphatic rings. The van der Waals surface area contributed by atoms with E-state index in [1.54, 1.807) is 18.2 Å². The molecule has 0 bridgehead atoms. The van der Waals surface area contributed by atoms with Crippen molar-refractivity contribution < 1.29 is 18.0 Å². The SMILES string of the molecule is CONCc1cccc(OC)c1S(C)(=O)=O. The third-order valence-corrected chi connectivity index (χ3v) is 3.26. The molecule has 90 valence electrons. The number of rotatable bonds is 5. The van der Waals surface area contributed by atoms with E-state index in [0.717, 1.165) is 6.26 Å². The van der Waals surface area contributed by atoms with Crippen LogP contribution in [-0.4, -0.2) is 28.9 Å². The number of nitrogens with one attached hydrogen (secondary N) is 1. The van der Waals surface area contributed by atoms with Crippen molar-refractivity contribution in [2.75, 3.05) is 20.5 Å². The summed E-state index contributed by atoms with van der Waals surface area (Å²) < 4.78 is 28.3. The molecule has 0 saturated carbocycles. The van der Waals surface area contributed by atoms with Gasteiger partial charge in [0.05, 0.1) is 14.2 Å². The minimum absolute atomic E-state index is 0.196. The van der Waals surface area contributed by atoms with E-state index in [1.165, 1.54) is 14.2 Å². The molecule has 0 unspecified atom stereocenters. The fraction of sp³-hybridized carbons (Fsp3) is 0.400. The van der Waals surface area contributed by atoms with Gasteiger partial charge in [0.15, 0.2) is 9.84 Å². The minimum Gasteiger partial charge on any atom is -0.495 e. The Labute approximate surface area is 95.2 Å². The zero-order valence-electron chi connectivity index (χ0n) is 9.48. The molecule has 5 nitrogen and oxygen atoms in total. The fourth-order valence-corrected chi connectivity index (χ4v) is 2.57. The van der Waals surface area contributed by atoms with E-state index in [4.69, 9.17) is 9.57 Å². The molecule has 16 heavy (non-hydrogen) atoms. The summed E-state index contributed by atoms with van der Waals surface area (Å²) in [6, 6.07) is 5.07. The van der Waals surface area contributed by atoms with Crippen molar-refractivity contribution in [1.82, 2.24) is 5.48 Å². The number of sulfone groups is 1. The monoisotopic (exact) mass is 245 g/mol. The molecule has 1 aromatic rings. The number of hydrogen-bond donors (Lipinski definition) is 1. The Morgan fingerprint density at radius 3 is 2.50 bits per heavy atom. The minimum atomic E-state index is -3.33. The first-order valence-electron chi connectivity index (χ1n) is 4.62. The zero-order chi connectivity index (χ0) is 12.2. The maximum absolute atomic E-state index is 11.6. The molecule has 0 atom stereocenters. The first-order chi connectivity index (χ1) is 7.50. The number of hydroxylamine groups is 1. The van der Waals surface area contributed by atoms with Crippen molar-refractivity contribution in [3.63, 3.8) is 0 Å². The Morgan fingerprint density at radius 1 is 1.31 bits per heavy atom. The first-order valence-corrected chi connectivity index (χ1v) is 6.51. The molecule has 0 aliphatic carbocycles. The zero-order valence-corrected chi connectivity index (χ0v) is 10.3. The van der Waals surface area contributed by atoms with Gasteiger partial charge < -0.3 is 9.57 Å². The standard InChI is InChI=1S/C10H15NO4S/c1-14-9-6-4-5-8(7-11-15-2)10(9)16(3,12)13/h4-6,11H,7H2,1-3H3. The lowest BCUT2D eigenvalue weighted by molar-refractivity contribution is 0.0861. The Bertz CT molecular complexity index is 456. The average molecular weight is 245 g/mol. The van der Waals surface area contributed by atoms with Crippen molar-refractivity contribution in [3.05, 3.63) is 23.8 Å². The molecule has 0 spiro atoms. The molecule has 0 heterocycles. The smallest absolute Gasteiger partial charge is 0.179 e. The molecule has 0 radical (unpaired) electrons. The molecule has 1 rings (SSSR count). The summed E-state index contributed by atoms with van der Waals surface area (Å²) >= 11 is 0. The summed E-state index contributed by atoms with van der Waals surface area (Å²) in [5.74, 6) is 0.345. The van der Waals surface area contributed by atoms with Crippen LogP contribution in [0.3, 0.4) is 0 Å². The molecule has 1 N–H and O–H groups in total. The number of ether oxygens (including phenoxy) is 1. The van der Waals surface area contributed by atoms with Gasteiger partial charge in [-0.15, -0.1) is 0 Å². The summed E-state index contributed by atoms with van der Waals surface area (Å²) in [4.78, 5) is 4.90. The van der Waals surface area contributed by atoms with Crippen LogP contribution in [0.2, 0.25) is 0 Å². The fourth-order valence-electron chi connectivity index (χ4n) is 1.43. The normalized spacial score (nSPS) is 11.4. The summed E-state index contributed by atoms with van der Waals surface area (Å²) in [5, 5.41) is 0. The Hall–Kier alpha value is -1.11. The number of methoxy groups -OCH3 is 1. The lowest BCUT2D eigenvalue weighted by Crippen LogP contribution is -2.14. The molecule has 0 amide bonds. The van der Waals surface area contributed by atoms with E-state index in [0.29, 0.717) is 17.9 Å². The summed E-state index contributed by atoms with van der Waals surface area (Å²) in [6.45, 7) is 0.302. The van der Waals surface area contributed by atoms with E-state index in [-0.39, 0.29) is 4.90 Å². The van der Waals surface area contributed by atoms with Crippen molar-refractivity contribution in [2.24, 2.45) is 0 Å². The third kappa shape index (κ3) is 2.94. The second-order valence-corrected chi connectivity index (χ2v) is 5.20. The van der Waals surface area contributed by atoms with Crippen molar-refractivity contribution >= 4 is 9.84 Å². The van der Waals surface area contributed by atoms with Crippen LogP contribution in [-0.2, 0) is 21.2 Å². The van der Waals surface area contributed by atoms with Gasteiger partial charge in [0.25, 0.3) is 0 Å². The van der Waals surface area contributed by atoms with Crippen LogP contribution in [0.5, 0.6) is 5.75 Å². The van der Waals surface area contributed by atoms with Gasteiger partial charge in [0, 0.05) is 12.8 Å². The van der Waals surface area contributed by atoms with Gasteiger partial charge in [-0.2, -0.15) is 5.48 Å². The third-order valence-electron chi connectivity index (χ3n) is 2.06. The highest BCUT2D eigenvalue weighted by molar-refractivity contribution is 7.90. The van der Waals surface area contributed by atoms with Gasteiger partial charge in [-0.25, -0.2) is 8.42 Å². The van der Waals surface area contributed by atoms with Gasteiger partial charge in [-0.3, -0.25) is 0 Å². The lowest BCUT2D eigenvalue weighted by atomic mass is 10.2. The predicted molar refractivity (Wildman–Crippen MR) is 60.0 cm³/mol. The topological polar surface area (TPSA) is 64.6 Å². The van der Waals surface area contributed by atoms with Crippen LogP contribution in [0.15, 0.2) is 23.1 Å². The molecule has 0 aliphatic heterocycles. The Morgan fingerprint density at radius 2 is 2.00 bits per heavy atom. The van der Waals surface area contributed by atoms with E-state index in [2.05, 4.69) is 5.48 Å². The van der Waals surface area contributed by atoms with Crippen LogP contribution in [0.1, 0.15) is 5.56 Å². The quantitative estimate of drug-likeness (QED) is 0.775. The van der Waals surface area contributed by atoms with Crippen LogP contribution in [0, 0.1) is 0 Å². The average Bonchev–Trinajstić information content (AvgIpc) is 2.24. The summed E-state index contributed by atoms with van der Waals surface area (Å²) in [6.07, 6.45) is 1.15. The first kappa shape index (κ1) is 13.0. The van der Waals surface area contributed by atoms with Gasteiger partial charge in [0.1, 0.15) is 10.6 Å². The molecular weight excluding hydrogens is 230 g/mol. The Kier molecular flexibility index (Phi) is 4.28. The van der Waals surface area contributed by atoms with Gasteiger partial charge >= 0.3 is 0 Å². The van der Waals surface area contributed by atoms with Gasteiger partial charge in [0.2, 0.25) is 0 Å². The number of benzene rings is 1. The van der Waals surface area contributed by atoms with E-state index in [1.807, 2.05) is 0 Å². The highest BCUT2D eigenvalue weighted by Crippen LogP contribution is 2.27.